The van der Waals surface area contributed by atoms with Gasteiger partial charge in [0.05, 0.1) is 17.6 Å². The molecule has 0 N–H and O–H groups in total. The SMILES string of the molecule is N#Cc1ccnc(N2CCCC(C(F)(F)F)C2)c1. The normalized spacial score (nSPS) is 20.6. The molecule has 3 nitrogen and oxygen atoms in total. The molecular weight excluding hydrogens is 243 g/mol. The largest absolute Gasteiger partial charge is 0.393 e. The Labute approximate surface area is 103 Å². The highest BCUT2D eigenvalue weighted by atomic mass is 19.4. The average Bonchev–Trinajstić information content (AvgIpc) is 2.38. The third-order valence-electron chi connectivity index (χ3n) is 3.08. The summed E-state index contributed by atoms with van der Waals surface area (Å²) >= 11 is 0. The van der Waals surface area contributed by atoms with Crippen LogP contribution in [0.5, 0.6) is 0 Å². The topological polar surface area (TPSA) is 39.9 Å². The average molecular weight is 255 g/mol. The van der Waals surface area contributed by atoms with Crippen LogP contribution in [0.25, 0.3) is 0 Å². The van der Waals surface area contributed by atoms with Crippen LogP contribution in [-0.2, 0) is 0 Å². The van der Waals surface area contributed by atoms with Crippen molar-refractivity contribution in [3.8, 4) is 6.07 Å². The lowest BCUT2D eigenvalue weighted by Gasteiger charge is -2.34. The molecule has 0 aromatic carbocycles. The second-order valence-electron chi connectivity index (χ2n) is 4.34. The minimum Gasteiger partial charge on any atom is -0.356 e. The van der Waals surface area contributed by atoms with Crippen molar-refractivity contribution in [1.29, 1.82) is 5.26 Å². The van der Waals surface area contributed by atoms with Gasteiger partial charge in [0.25, 0.3) is 0 Å². The van der Waals surface area contributed by atoms with E-state index in [9.17, 15) is 13.2 Å². The maximum absolute atomic E-state index is 12.7. The molecule has 0 aliphatic carbocycles. The van der Waals surface area contributed by atoms with Crippen LogP contribution in [0.2, 0.25) is 0 Å². The number of aromatic nitrogens is 1. The summed E-state index contributed by atoms with van der Waals surface area (Å²) in [5.74, 6) is -0.859. The molecule has 2 rings (SSSR count). The molecule has 1 aromatic rings. The first-order valence-electron chi connectivity index (χ1n) is 5.68. The van der Waals surface area contributed by atoms with E-state index in [2.05, 4.69) is 4.98 Å². The van der Waals surface area contributed by atoms with E-state index in [1.165, 1.54) is 18.3 Å². The number of piperidine rings is 1. The second-order valence-corrected chi connectivity index (χ2v) is 4.34. The van der Waals surface area contributed by atoms with Crippen LogP contribution < -0.4 is 4.90 Å². The fourth-order valence-corrected chi connectivity index (χ4v) is 2.11. The number of alkyl halides is 3. The molecular formula is C12H12F3N3. The Bertz CT molecular complexity index is 464. The number of nitrogens with zero attached hydrogens (tertiary/aromatic N) is 3. The van der Waals surface area contributed by atoms with Crippen LogP contribution in [0, 0.1) is 17.2 Å². The Hall–Kier alpha value is -1.77. The summed E-state index contributed by atoms with van der Waals surface area (Å²) in [4.78, 5) is 5.63. The standard InChI is InChI=1S/C12H12F3N3/c13-12(14,15)10-2-1-5-18(8-10)11-6-9(7-16)3-4-17-11/h3-4,6,10H,1-2,5,8H2. The van der Waals surface area contributed by atoms with E-state index in [1.807, 2.05) is 6.07 Å². The van der Waals surface area contributed by atoms with E-state index in [4.69, 9.17) is 5.26 Å². The number of halogens is 3. The third kappa shape index (κ3) is 2.73. The van der Waals surface area contributed by atoms with E-state index in [1.54, 1.807) is 4.90 Å². The fourth-order valence-electron chi connectivity index (χ4n) is 2.11. The zero-order valence-corrected chi connectivity index (χ0v) is 9.61. The van der Waals surface area contributed by atoms with Crippen molar-refractivity contribution in [2.45, 2.75) is 19.0 Å². The zero-order valence-electron chi connectivity index (χ0n) is 9.61. The first-order chi connectivity index (χ1) is 8.50. The Morgan fingerprint density at radius 2 is 2.22 bits per heavy atom. The minimum absolute atomic E-state index is 0.0780. The highest BCUT2D eigenvalue weighted by Gasteiger charge is 2.42. The number of hydrogen-bond acceptors (Lipinski definition) is 3. The zero-order chi connectivity index (χ0) is 13.2. The predicted molar refractivity (Wildman–Crippen MR) is 59.9 cm³/mol. The van der Waals surface area contributed by atoms with Gasteiger partial charge in [0.15, 0.2) is 0 Å². The van der Waals surface area contributed by atoms with E-state index in [-0.39, 0.29) is 13.0 Å². The van der Waals surface area contributed by atoms with Gasteiger partial charge in [0.1, 0.15) is 5.82 Å². The van der Waals surface area contributed by atoms with Crippen molar-refractivity contribution in [1.82, 2.24) is 4.98 Å². The smallest absolute Gasteiger partial charge is 0.356 e. The molecule has 1 saturated heterocycles. The lowest BCUT2D eigenvalue weighted by molar-refractivity contribution is -0.176. The van der Waals surface area contributed by atoms with Crippen LogP contribution in [0.1, 0.15) is 18.4 Å². The quantitative estimate of drug-likeness (QED) is 0.774. The summed E-state index contributed by atoms with van der Waals surface area (Å²) in [5.41, 5.74) is 0.411. The number of nitriles is 1. The lowest BCUT2D eigenvalue weighted by Crippen LogP contribution is -2.42. The molecule has 6 heteroatoms. The summed E-state index contributed by atoms with van der Waals surface area (Å²) in [5, 5.41) is 8.77. The first-order valence-corrected chi connectivity index (χ1v) is 5.68. The Kier molecular flexibility index (Phi) is 3.41. The van der Waals surface area contributed by atoms with Gasteiger partial charge in [-0.2, -0.15) is 18.4 Å². The summed E-state index contributed by atoms with van der Waals surface area (Å²) in [6.45, 7) is 0.472. The van der Waals surface area contributed by atoms with Gasteiger partial charge in [-0.25, -0.2) is 4.98 Å². The van der Waals surface area contributed by atoms with Gasteiger partial charge in [-0.3, -0.25) is 0 Å². The molecule has 2 heterocycles. The molecule has 0 spiro atoms. The van der Waals surface area contributed by atoms with Crippen LogP contribution in [0.3, 0.4) is 0 Å². The number of pyridine rings is 1. The van der Waals surface area contributed by atoms with Gasteiger partial charge >= 0.3 is 6.18 Å². The molecule has 1 aromatic heterocycles. The molecule has 0 saturated carbocycles. The summed E-state index contributed by atoms with van der Waals surface area (Å²) in [6.07, 6.45) is -2.06. The van der Waals surface area contributed by atoms with Crippen molar-refractivity contribution in [3.63, 3.8) is 0 Å². The van der Waals surface area contributed by atoms with Crippen LogP contribution >= 0.6 is 0 Å². The van der Waals surface area contributed by atoms with Crippen molar-refractivity contribution in [3.05, 3.63) is 23.9 Å². The van der Waals surface area contributed by atoms with Crippen molar-refractivity contribution in [2.75, 3.05) is 18.0 Å². The Balaban J connectivity index is 2.16. The number of anilines is 1. The predicted octanol–water partition coefficient (Wildman–Crippen LogP) is 2.73. The van der Waals surface area contributed by atoms with Gasteiger partial charge < -0.3 is 4.90 Å². The Morgan fingerprint density at radius 1 is 1.44 bits per heavy atom. The molecule has 1 aliphatic rings. The summed E-state index contributed by atoms with van der Waals surface area (Å²) < 4.78 is 38.0. The molecule has 0 amide bonds. The highest BCUT2D eigenvalue weighted by Crippen LogP contribution is 2.34. The van der Waals surface area contributed by atoms with E-state index < -0.39 is 12.1 Å². The molecule has 0 bridgehead atoms. The maximum Gasteiger partial charge on any atom is 0.393 e. The second kappa shape index (κ2) is 4.84. The van der Waals surface area contributed by atoms with E-state index in [0.29, 0.717) is 24.3 Å². The van der Waals surface area contributed by atoms with Crippen molar-refractivity contribution in [2.24, 2.45) is 5.92 Å². The lowest BCUT2D eigenvalue weighted by atomic mass is 9.97. The number of rotatable bonds is 1. The van der Waals surface area contributed by atoms with E-state index >= 15 is 0 Å². The first kappa shape index (κ1) is 12.7. The molecule has 1 atom stereocenters. The van der Waals surface area contributed by atoms with Gasteiger partial charge in [-0.05, 0) is 25.0 Å². The highest BCUT2D eigenvalue weighted by molar-refractivity contribution is 5.45. The van der Waals surface area contributed by atoms with Gasteiger partial charge in [0, 0.05) is 19.3 Å². The summed E-state index contributed by atoms with van der Waals surface area (Å²) in [6, 6.07) is 5.02. The fraction of sp³-hybridized carbons (Fsp3) is 0.500. The van der Waals surface area contributed by atoms with Gasteiger partial charge in [-0.15, -0.1) is 0 Å². The molecule has 18 heavy (non-hydrogen) atoms. The molecule has 1 unspecified atom stereocenters. The molecule has 1 fully saturated rings. The molecule has 96 valence electrons. The molecule has 0 radical (unpaired) electrons. The van der Waals surface area contributed by atoms with Gasteiger partial charge in [-0.1, -0.05) is 0 Å². The van der Waals surface area contributed by atoms with Crippen LogP contribution in [0.4, 0.5) is 19.0 Å². The third-order valence-corrected chi connectivity index (χ3v) is 3.08. The monoisotopic (exact) mass is 255 g/mol. The Morgan fingerprint density at radius 3 is 2.89 bits per heavy atom. The van der Waals surface area contributed by atoms with Crippen molar-refractivity contribution < 1.29 is 13.2 Å². The minimum atomic E-state index is -4.16. The van der Waals surface area contributed by atoms with Crippen molar-refractivity contribution >= 4 is 5.82 Å². The van der Waals surface area contributed by atoms with Crippen LogP contribution in [0.15, 0.2) is 18.3 Å². The van der Waals surface area contributed by atoms with Crippen LogP contribution in [-0.4, -0.2) is 24.2 Å². The van der Waals surface area contributed by atoms with E-state index in [0.717, 1.165) is 0 Å². The number of hydrogen-bond donors (Lipinski definition) is 0. The maximum atomic E-state index is 12.7. The summed E-state index contributed by atoms with van der Waals surface area (Å²) in [7, 11) is 0. The van der Waals surface area contributed by atoms with Gasteiger partial charge in [0.2, 0.25) is 0 Å². The molecule has 1 aliphatic heterocycles.